The van der Waals surface area contributed by atoms with Crippen LogP contribution in [-0.4, -0.2) is 15.7 Å². The van der Waals surface area contributed by atoms with E-state index < -0.39 is 10.8 Å². The van der Waals surface area contributed by atoms with Crippen molar-refractivity contribution in [1.29, 1.82) is 0 Å². The fourth-order valence-corrected chi connectivity index (χ4v) is 3.07. The fourth-order valence-electron chi connectivity index (χ4n) is 1.45. The highest BCUT2D eigenvalue weighted by Gasteiger charge is 2.14. The zero-order valence-corrected chi connectivity index (χ0v) is 7.45. The summed E-state index contributed by atoms with van der Waals surface area (Å²) in [5.41, 5.74) is 0. The van der Waals surface area contributed by atoms with Gasteiger partial charge in [0.05, 0.1) is 0 Å². The van der Waals surface area contributed by atoms with Crippen LogP contribution in [0.1, 0.15) is 32.6 Å². The van der Waals surface area contributed by atoms with Crippen LogP contribution in [-0.2, 0) is 10.8 Å². The number of hydrogen-bond donors (Lipinski definition) is 0. The molecule has 1 aliphatic heterocycles. The molecule has 0 spiro atoms. The first-order chi connectivity index (χ1) is 4.83. The molecule has 1 nitrogen and oxygen atoms in total. The summed E-state index contributed by atoms with van der Waals surface area (Å²) in [7, 11) is -0.488. The first-order valence-corrected chi connectivity index (χ1v) is 5.66. The third kappa shape index (κ3) is 2.41. The molecule has 1 aliphatic rings. The van der Waals surface area contributed by atoms with Gasteiger partial charge in [-0.3, -0.25) is 4.21 Å². The maximum absolute atomic E-state index is 11.2. The second-order valence-electron chi connectivity index (χ2n) is 3.08. The van der Waals surface area contributed by atoms with Gasteiger partial charge in [-0.05, 0) is 18.8 Å². The molecule has 2 atom stereocenters. The number of rotatable bonds is 1. The van der Waals surface area contributed by atoms with Crippen LogP contribution in [0.2, 0.25) is 0 Å². The van der Waals surface area contributed by atoms with Gasteiger partial charge in [0.15, 0.2) is 0 Å². The normalized spacial score (nSPS) is 35.3. The predicted molar refractivity (Wildman–Crippen MR) is 45.5 cm³/mol. The van der Waals surface area contributed by atoms with E-state index in [-0.39, 0.29) is 0 Å². The van der Waals surface area contributed by atoms with Crippen LogP contribution < -0.4 is 0 Å². The van der Waals surface area contributed by atoms with E-state index in [1.165, 1.54) is 25.7 Å². The van der Waals surface area contributed by atoms with Gasteiger partial charge in [0.2, 0.25) is 0 Å². The van der Waals surface area contributed by atoms with Crippen molar-refractivity contribution < 1.29 is 4.21 Å². The van der Waals surface area contributed by atoms with E-state index in [2.05, 4.69) is 6.92 Å². The van der Waals surface area contributed by atoms with Crippen LogP contribution in [0.3, 0.4) is 0 Å². The van der Waals surface area contributed by atoms with E-state index >= 15 is 0 Å². The van der Waals surface area contributed by atoms with E-state index in [1.807, 2.05) is 0 Å². The van der Waals surface area contributed by atoms with Crippen molar-refractivity contribution in [2.24, 2.45) is 5.92 Å². The molecular weight excluding hydrogens is 144 g/mol. The van der Waals surface area contributed by atoms with E-state index in [4.69, 9.17) is 0 Å². The Morgan fingerprint density at radius 3 is 3.00 bits per heavy atom. The summed E-state index contributed by atoms with van der Waals surface area (Å²) >= 11 is 0. The summed E-state index contributed by atoms with van der Waals surface area (Å²) in [4.78, 5) is 0. The minimum Gasteiger partial charge on any atom is -0.260 e. The Morgan fingerprint density at radius 1 is 1.50 bits per heavy atom. The molecule has 1 fully saturated rings. The van der Waals surface area contributed by atoms with Gasteiger partial charge in [-0.1, -0.05) is 19.8 Å². The Balaban J connectivity index is 2.38. The van der Waals surface area contributed by atoms with E-state index in [0.717, 1.165) is 17.4 Å². The molecule has 0 aromatic heterocycles. The maximum Gasteiger partial charge on any atom is 0.0263 e. The second-order valence-corrected chi connectivity index (χ2v) is 4.70. The minimum absolute atomic E-state index is 0.488. The average Bonchev–Trinajstić information content (AvgIpc) is 2.13. The van der Waals surface area contributed by atoms with E-state index in [1.54, 1.807) is 0 Å². The highest BCUT2D eigenvalue weighted by Crippen LogP contribution is 2.18. The average molecular weight is 160 g/mol. The van der Waals surface area contributed by atoms with Crippen LogP contribution in [0.15, 0.2) is 0 Å². The minimum atomic E-state index is -0.488. The summed E-state index contributed by atoms with van der Waals surface area (Å²) in [5.74, 6) is 2.68. The summed E-state index contributed by atoms with van der Waals surface area (Å²) in [6, 6.07) is 0. The van der Waals surface area contributed by atoms with Crippen LogP contribution >= 0.6 is 0 Å². The molecule has 1 saturated heterocycles. The van der Waals surface area contributed by atoms with Crippen molar-refractivity contribution in [2.75, 3.05) is 11.5 Å². The van der Waals surface area contributed by atoms with Gasteiger partial charge in [0, 0.05) is 22.3 Å². The zero-order valence-electron chi connectivity index (χ0n) is 6.64. The topological polar surface area (TPSA) is 17.1 Å². The molecule has 1 heterocycles. The molecule has 2 heteroatoms. The number of hydrogen-bond acceptors (Lipinski definition) is 1. The van der Waals surface area contributed by atoms with Crippen molar-refractivity contribution in [1.82, 2.24) is 0 Å². The summed E-state index contributed by atoms with van der Waals surface area (Å²) in [6.07, 6.45) is 5.00. The third-order valence-electron chi connectivity index (χ3n) is 2.23. The Labute approximate surface area is 65.7 Å². The molecule has 2 unspecified atom stereocenters. The van der Waals surface area contributed by atoms with Gasteiger partial charge in [-0.15, -0.1) is 0 Å². The lowest BCUT2D eigenvalue weighted by Crippen LogP contribution is -2.08. The van der Waals surface area contributed by atoms with Crippen LogP contribution in [0.25, 0.3) is 0 Å². The first kappa shape index (κ1) is 8.25. The largest absolute Gasteiger partial charge is 0.260 e. The smallest absolute Gasteiger partial charge is 0.0263 e. The van der Waals surface area contributed by atoms with Gasteiger partial charge in [-0.25, -0.2) is 0 Å². The van der Waals surface area contributed by atoms with Crippen molar-refractivity contribution in [3.63, 3.8) is 0 Å². The molecular formula is C8H16OS. The molecule has 0 aromatic carbocycles. The molecule has 0 bridgehead atoms. The SMILES string of the molecule is CCC1CCCCS(=O)C1. The Hall–Kier alpha value is 0.150. The highest BCUT2D eigenvalue weighted by molar-refractivity contribution is 7.84. The van der Waals surface area contributed by atoms with Gasteiger partial charge < -0.3 is 0 Å². The van der Waals surface area contributed by atoms with Crippen LogP contribution in [0.4, 0.5) is 0 Å². The van der Waals surface area contributed by atoms with Crippen LogP contribution in [0.5, 0.6) is 0 Å². The predicted octanol–water partition coefficient (Wildman–Crippen LogP) is 1.95. The molecule has 10 heavy (non-hydrogen) atoms. The first-order valence-electron chi connectivity index (χ1n) is 4.18. The van der Waals surface area contributed by atoms with E-state index in [9.17, 15) is 4.21 Å². The van der Waals surface area contributed by atoms with Crippen molar-refractivity contribution in [2.45, 2.75) is 32.6 Å². The Kier molecular flexibility index (Phi) is 3.40. The summed E-state index contributed by atoms with van der Waals surface area (Å²) < 4.78 is 11.2. The van der Waals surface area contributed by atoms with Gasteiger partial charge in [-0.2, -0.15) is 0 Å². The van der Waals surface area contributed by atoms with Crippen molar-refractivity contribution in [3.8, 4) is 0 Å². The quantitative estimate of drug-likeness (QED) is 0.573. The highest BCUT2D eigenvalue weighted by atomic mass is 32.2. The summed E-state index contributed by atoms with van der Waals surface area (Å²) in [6.45, 7) is 2.20. The molecule has 0 amide bonds. The maximum atomic E-state index is 11.2. The summed E-state index contributed by atoms with van der Waals surface area (Å²) in [5, 5.41) is 0. The lowest BCUT2D eigenvalue weighted by molar-refractivity contribution is 0.507. The standard InChI is InChI=1S/C8H16OS/c1-2-8-5-3-4-6-10(9)7-8/h8H,2-7H2,1H3. The Bertz CT molecular complexity index is 122. The van der Waals surface area contributed by atoms with Crippen LogP contribution in [0, 0.1) is 5.92 Å². The van der Waals surface area contributed by atoms with Gasteiger partial charge in [0.1, 0.15) is 0 Å². The monoisotopic (exact) mass is 160 g/mol. The van der Waals surface area contributed by atoms with E-state index in [0.29, 0.717) is 0 Å². The third-order valence-corrected chi connectivity index (χ3v) is 3.82. The van der Waals surface area contributed by atoms with Crippen molar-refractivity contribution >= 4 is 10.8 Å². The lowest BCUT2D eigenvalue weighted by Gasteiger charge is -2.08. The fraction of sp³-hybridized carbons (Fsp3) is 1.00. The molecule has 1 rings (SSSR count). The van der Waals surface area contributed by atoms with Gasteiger partial charge in [0.25, 0.3) is 0 Å². The zero-order chi connectivity index (χ0) is 7.40. The molecule has 60 valence electrons. The van der Waals surface area contributed by atoms with Crippen molar-refractivity contribution in [3.05, 3.63) is 0 Å². The molecule has 0 aromatic rings. The Morgan fingerprint density at radius 2 is 2.30 bits per heavy atom. The molecule has 0 radical (unpaired) electrons. The molecule has 0 N–H and O–H groups in total. The second kappa shape index (κ2) is 4.12. The molecule has 0 saturated carbocycles. The molecule has 0 aliphatic carbocycles. The van der Waals surface area contributed by atoms with Gasteiger partial charge >= 0.3 is 0 Å². The lowest BCUT2D eigenvalue weighted by atomic mass is 10.0.